The molecular formula is C8H11F. The van der Waals surface area contributed by atoms with Crippen LogP contribution in [0.4, 0.5) is 4.39 Å². The van der Waals surface area contributed by atoms with Crippen molar-refractivity contribution in [3.05, 3.63) is 36.2 Å². The number of hydrogen-bond donors (Lipinski definition) is 0. The first kappa shape index (κ1) is 8.15. The van der Waals surface area contributed by atoms with Crippen molar-refractivity contribution in [2.24, 2.45) is 0 Å². The zero-order valence-corrected chi connectivity index (χ0v) is 5.76. The third-order valence-electron chi connectivity index (χ3n) is 0.741. The van der Waals surface area contributed by atoms with Crippen molar-refractivity contribution in [1.82, 2.24) is 0 Å². The summed E-state index contributed by atoms with van der Waals surface area (Å²) in [6.07, 6.45) is 8.59. The lowest BCUT2D eigenvalue weighted by Crippen LogP contribution is -1.55. The van der Waals surface area contributed by atoms with Crippen LogP contribution >= 0.6 is 0 Å². The average molecular weight is 126 g/mol. The molecule has 50 valence electrons. The summed E-state index contributed by atoms with van der Waals surface area (Å²) < 4.78 is 11.9. The number of rotatable bonds is 2. The van der Waals surface area contributed by atoms with Crippen molar-refractivity contribution < 1.29 is 4.39 Å². The Hall–Kier alpha value is -0.850. The summed E-state index contributed by atoms with van der Waals surface area (Å²) >= 11 is 0. The molecule has 0 unspecified atom stereocenters. The normalized spacial score (nSPS) is 13.9. The first-order valence-electron chi connectivity index (χ1n) is 2.89. The van der Waals surface area contributed by atoms with Gasteiger partial charge < -0.3 is 0 Å². The Kier molecular flexibility index (Phi) is 4.79. The van der Waals surface area contributed by atoms with Crippen LogP contribution in [0, 0.1) is 0 Å². The van der Waals surface area contributed by atoms with Crippen molar-refractivity contribution in [2.45, 2.75) is 13.8 Å². The van der Waals surface area contributed by atoms with Gasteiger partial charge in [-0.3, -0.25) is 0 Å². The van der Waals surface area contributed by atoms with Gasteiger partial charge in [-0.2, -0.15) is 0 Å². The van der Waals surface area contributed by atoms with Crippen LogP contribution in [0.3, 0.4) is 0 Å². The second-order valence-corrected chi connectivity index (χ2v) is 1.66. The van der Waals surface area contributed by atoms with E-state index in [4.69, 9.17) is 0 Å². The first-order valence-corrected chi connectivity index (χ1v) is 2.89. The van der Waals surface area contributed by atoms with E-state index in [0.29, 0.717) is 0 Å². The van der Waals surface area contributed by atoms with Gasteiger partial charge in [-0.15, -0.1) is 0 Å². The molecule has 0 aromatic rings. The van der Waals surface area contributed by atoms with Crippen LogP contribution in [-0.2, 0) is 0 Å². The van der Waals surface area contributed by atoms with Crippen molar-refractivity contribution in [2.75, 3.05) is 0 Å². The van der Waals surface area contributed by atoms with E-state index in [2.05, 4.69) is 0 Å². The van der Waals surface area contributed by atoms with Crippen LogP contribution in [0.25, 0.3) is 0 Å². The molecule has 0 aliphatic carbocycles. The fourth-order valence-corrected chi connectivity index (χ4v) is 0.363. The molecule has 0 radical (unpaired) electrons. The Morgan fingerprint density at radius 1 is 1.22 bits per heavy atom. The van der Waals surface area contributed by atoms with E-state index in [1.54, 1.807) is 12.2 Å². The highest BCUT2D eigenvalue weighted by atomic mass is 19.1. The Morgan fingerprint density at radius 2 is 1.89 bits per heavy atom. The predicted molar refractivity (Wildman–Crippen MR) is 38.8 cm³/mol. The smallest absolute Gasteiger partial charge is 0.0968 e. The van der Waals surface area contributed by atoms with Gasteiger partial charge in [-0.05, 0) is 19.9 Å². The molecule has 0 fully saturated rings. The monoisotopic (exact) mass is 126 g/mol. The molecule has 0 aromatic carbocycles. The molecule has 0 rings (SSSR count). The Morgan fingerprint density at radius 3 is 2.33 bits per heavy atom. The van der Waals surface area contributed by atoms with Gasteiger partial charge >= 0.3 is 0 Å². The minimum absolute atomic E-state index is 0.171. The van der Waals surface area contributed by atoms with E-state index >= 15 is 0 Å². The molecule has 0 amide bonds. The second-order valence-electron chi connectivity index (χ2n) is 1.66. The maximum Gasteiger partial charge on any atom is 0.0968 e. The fourth-order valence-electron chi connectivity index (χ4n) is 0.363. The summed E-state index contributed by atoms with van der Waals surface area (Å²) in [5.41, 5.74) is 0. The quantitative estimate of drug-likeness (QED) is 0.499. The summed E-state index contributed by atoms with van der Waals surface area (Å²) in [5, 5.41) is 0. The molecular weight excluding hydrogens is 115 g/mol. The van der Waals surface area contributed by atoms with Crippen LogP contribution in [-0.4, -0.2) is 0 Å². The molecule has 0 saturated carbocycles. The third kappa shape index (κ3) is 7.15. The number of hydrogen-bond acceptors (Lipinski definition) is 0. The highest BCUT2D eigenvalue weighted by Crippen LogP contribution is 1.92. The van der Waals surface area contributed by atoms with Crippen LogP contribution in [0.15, 0.2) is 36.2 Å². The maximum atomic E-state index is 11.9. The van der Waals surface area contributed by atoms with E-state index in [0.717, 1.165) is 0 Å². The second kappa shape index (κ2) is 5.29. The van der Waals surface area contributed by atoms with Gasteiger partial charge in [0, 0.05) is 0 Å². The Bertz CT molecular complexity index is 137. The SMILES string of the molecule is C\C=C/C=C\C=C(/C)F. The van der Waals surface area contributed by atoms with Crippen LogP contribution in [0.1, 0.15) is 13.8 Å². The van der Waals surface area contributed by atoms with Gasteiger partial charge in [-0.25, -0.2) is 4.39 Å². The molecule has 0 nitrogen and oxygen atoms in total. The molecule has 9 heavy (non-hydrogen) atoms. The lowest BCUT2D eigenvalue weighted by Gasteiger charge is -1.75. The zero-order valence-electron chi connectivity index (χ0n) is 5.76. The standard InChI is InChI=1S/C8H11F/c1-3-4-5-6-7-8(2)9/h3-7H,1-2H3/b4-3-,6-5-,8-7+. The third-order valence-corrected chi connectivity index (χ3v) is 0.741. The molecule has 0 N–H and O–H groups in total. The van der Waals surface area contributed by atoms with Gasteiger partial charge in [-0.1, -0.05) is 24.3 Å². The van der Waals surface area contributed by atoms with E-state index in [1.807, 2.05) is 19.1 Å². The van der Waals surface area contributed by atoms with E-state index < -0.39 is 0 Å². The van der Waals surface area contributed by atoms with Crippen molar-refractivity contribution >= 4 is 0 Å². The minimum Gasteiger partial charge on any atom is -0.212 e. The molecule has 0 spiro atoms. The largest absolute Gasteiger partial charge is 0.212 e. The summed E-state index contributed by atoms with van der Waals surface area (Å²) in [4.78, 5) is 0. The Labute approximate surface area is 55.4 Å². The van der Waals surface area contributed by atoms with Crippen molar-refractivity contribution in [1.29, 1.82) is 0 Å². The molecule has 1 heteroatoms. The molecule has 0 aliphatic rings. The summed E-state index contributed by atoms with van der Waals surface area (Å²) in [6, 6.07) is 0. The highest BCUT2D eigenvalue weighted by molar-refractivity contribution is 5.11. The van der Waals surface area contributed by atoms with Gasteiger partial charge in [0.25, 0.3) is 0 Å². The molecule has 0 atom stereocenters. The zero-order chi connectivity index (χ0) is 7.11. The average Bonchev–Trinajstić information content (AvgIpc) is 1.80. The van der Waals surface area contributed by atoms with Gasteiger partial charge in [0.15, 0.2) is 0 Å². The minimum atomic E-state index is -0.171. The van der Waals surface area contributed by atoms with E-state index in [9.17, 15) is 4.39 Å². The molecule has 0 saturated heterocycles. The number of halogens is 1. The van der Waals surface area contributed by atoms with Gasteiger partial charge in [0.05, 0.1) is 5.83 Å². The lowest BCUT2D eigenvalue weighted by molar-refractivity contribution is 0.640. The topological polar surface area (TPSA) is 0 Å². The summed E-state index contributed by atoms with van der Waals surface area (Å²) in [6.45, 7) is 3.33. The van der Waals surface area contributed by atoms with Crippen molar-refractivity contribution in [3.63, 3.8) is 0 Å². The molecule has 0 heterocycles. The van der Waals surface area contributed by atoms with Crippen molar-refractivity contribution in [3.8, 4) is 0 Å². The predicted octanol–water partition coefficient (Wildman–Crippen LogP) is 2.99. The van der Waals surface area contributed by atoms with Gasteiger partial charge in [0.1, 0.15) is 0 Å². The van der Waals surface area contributed by atoms with Gasteiger partial charge in [0.2, 0.25) is 0 Å². The summed E-state index contributed by atoms with van der Waals surface area (Å²) in [5.74, 6) is -0.171. The Balaban J connectivity index is 3.60. The molecule has 0 bridgehead atoms. The van der Waals surface area contributed by atoms with E-state index in [-0.39, 0.29) is 5.83 Å². The first-order chi connectivity index (χ1) is 4.27. The van der Waals surface area contributed by atoms with E-state index in [1.165, 1.54) is 13.0 Å². The molecule has 0 aliphatic heterocycles. The van der Waals surface area contributed by atoms with Crippen LogP contribution in [0.5, 0.6) is 0 Å². The molecule has 0 aromatic heterocycles. The maximum absolute atomic E-state index is 11.9. The van der Waals surface area contributed by atoms with Crippen LogP contribution < -0.4 is 0 Å². The fraction of sp³-hybridized carbons (Fsp3) is 0.250. The summed E-state index contributed by atoms with van der Waals surface area (Å²) in [7, 11) is 0. The lowest BCUT2D eigenvalue weighted by atomic mass is 10.4. The highest BCUT2D eigenvalue weighted by Gasteiger charge is 1.72. The van der Waals surface area contributed by atoms with Crippen LogP contribution in [0.2, 0.25) is 0 Å². The number of allylic oxidation sites excluding steroid dienone is 6.